The van der Waals surface area contributed by atoms with Crippen molar-refractivity contribution in [2.24, 2.45) is 11.8 Å². The summed E-state index contributed by atoms with van der Waals surface area (Å²) in [4.78, 5) is 71.8. The molecule has 2 saturated heterocycles. The van der Waals surface area contributed by atoms with E-state index in [4.69, 9.17) is 9.72 Å². The van der Waals surface area contributed by atoms with Crippen molar-refractivity contribution in [3.63, 3.8) is 0 Å². The first-order valence-electron chi connectivity index (χ1n) is 19.7. The van der Waals surface area contributed by atoms with E-state index in [9.17, 15) is 24.3 Å². The number of H-pyrrole nitrogens is 2. The van der Waals surface area contributed by atoms with Gasteiger partial charge in [0.05, 0.1) is 43.0 Å². The van der Waals surface area contributed by atoms with Crippen LogP contribution in [-0.4, -0.2) is 103 Å². The molecule has 14 heteroatoms. The summed E-state index contributed by atoms with van der Waals surface area (Å²) in [7, 11) is 2.81. The molecule has 0 unspecified atom stereocenters. The number of hydrogen-bond donors (Lipinski definition) is 4. The predicted octanol–water partition coefficient (Wildman–Crippen LogP) is 7.01. The Balaban J connectivity index is 0.971. The van der Waals surface area contributed by atoms with E-state index < -0.39 is 18.2 Å². The fourth-order valence-corrected chi connectivity index (χ4v) is 8.75. The van der Waals surface area contributed by atoms with E-state index in [2.05, 4.69) is 68.8 Å². The lowest BCUT2D eigenvalue weighted by Crippen LogP contribution is -2.51. The number of ether oxygens (including phenoxy) is 1. The minimum atomic E-state index is -1.12. The minimum Gasteiger partial charge on any atom is -0.465 e. The Morgan fingerprint density at radius 1 is 0.768 bits per heavy atom. The fraction of sp³-hybridized carbons (Fsp3) is 0.476. The number of nitrogens with one attached hydrogen (secondary N) is 3. The van der Waals surface area contributed by atoms with Crippen molar-refractivity contribution in [3.8, 4) is 33.6 Å². The number of aromatic nitrogens is 4. The molecule has 296 valence electrons. The quantitative estimate of drug-likeness (QED) is 0.133. The van der Waals surface area contributed by atoms with Crippen LogP contribution in [0.5, 0.6) is 0 Å². The van der Waals surface area contributed by atoms with Crippen LogP contribution in [0.1, 0.15) is 88.9 Å². The maximum atomic E-state index is 13.6. The largest absolute Gasteiger partial charge is 0.465 e. The Morgan fingerprint density at radius 2 is 1.25 bits per heavy atom. The number of carbonyl (C=O) groups excluding carboxylic acids is 3. The van der Waals surface area contributed by atoms with Crippen LogP contribution in [0.25, 0.3) is 33.6 Å². The highest BCUT2D eigenvalue weighted by molar-refractivity contribution is 5.86. The van der Waals surface area contributed by atoms with Gasteiger partial charge in [-0.15, -0.1) is 0 Å². The molecule has 1 saturated carbocycles. The molecular formula is C42H52N8O6. The average Bonchev–Trinajstić information content (AvgIpc) is 4.05. The number of aromatic amines is 2. The number of benzene rings is 2. The second-order valence-corrected chi connectivity index (χ2v) is 15.7. The van der Waals surface area contributed by atoms with E-state index in [-0.39, 0.29) is 41.8 Å². The molecule has 4 heterocycles. The Hall–Kier alpha value is -5.66. The van der Waals surface area contributed by atoms with Crippen LogP contribution in [0.2, 0.25) is 0 Å². The Morgan fingerprint density at radius 3 is 1.73 bits per heavy atom. The number of nitrogens with zero attached hydrogens (tertiary/aromatic N) is 5. The topological polar surface area (TPSA) is 177 Å². The molecule has 56 heavy (non-hydrogen) atoms. The van der Waals surface area contributed by atoms with Crippen LogP contribution in [-0.2, 0) is 14.3 Å². The molecular weight excluding hydrogens is 713 g/mol. The molecule has 2 aromatic carbocycles. The summed E-state index contributed by atoms with van der Waals surface area (Å²) in [5.74, 6) is 1.29. The highest BCUT2D eigenvalue weighted by Gasteiger charge is 2.40. The first-order chi connectivity index (χ1) is 27.0. The molecule has 3 aliphatic rings. The molecule has 0 radical (unpaired) electrons. The average molecular weight is 765 g/mol. The molecule has 7 rings (SSSR count). The number of likely N-dealkylation sites (N-methyl/N-ethyl adjacent to an activating group) is 1. The molecule has 3 fully saturated rings. The van der Waals surface area contributed by atoms with Crippen molar-refractivity contribution in [2.45, 2.75) is 89.4 Å². The molecule has 0 bridgehead atoms. The van der Waals surface area contributed by atoms with Gasteiger partial charge in [-0.3, -0.25) is 14.5 Å². The zero-order chi connectivity index (χ0) is 39.5. The first-order valence-corrected chi connectivity index (χ1v) is 19.7. The fourth-order valence-electron chi connectivity index (χ4n) is 8.75. The summed E-state index contributed by atoms with van der Waals surface area (Å²) >= 11 is 0. The van der Waals surface area contributed by atoms with Crippen LogP contribution in [0.4, 0.5) is 9.59 Å². The number of carboxylic acid groups (broad SMARTS) is 1. The van der Waals surface area contributed by atoms with Crippen molar-refractivity contribution in [1.29, 1.82) is 0 Å². The number of alkyl carbamates (subject to hydrolysis) is 1. The predicted molar refractivity (Wildman–Crippen MR) is 210 cm³/mol. The van der Waals surface area contributed by atoms with Gasteiger partial charge >= 0.3 is 12.2 Å². The zero-order valence-corrected chi connectivity index (χ0v) is 32.5. The van der Waals surface area contributed by atoms with Gasteiger partial charge in [-0.1, -0.05) is 62.4 Å². The van der Waals surface area contributed by atoms with Gasteiger partial charge in [0.2, 0.25) is 11.8 Å². The number of likely N-dealkylation sites (tertiary alicyclic amines) is 2. The molecule has 3 atom stereocenters. The molecule has 2 aliphatic heterocycles. The number of carbonyl (C=O) groups is 4. The molecule has 0 spiro atoms. The zero-order valence-electron chi connectivity index (χ0n) is 32.5. The smallest absolute Gasteiger partial charge is 0.407 e. The SMILES string of the molecule is COC(=O)N[C@H]1CC[C@H](C(=O)N2CCC[C@H]2c2ncc(-c3ccc(-c4ccc(-c5cnc([C@@H]6CCCN6C(=O)[C@H](C(C)C)N(C)C(=O)O)[nH]5)cc4)cc3)[nH]2)CC1. The Labute approximate surface area is 327 Å². The molecule has 14 nitrogen and oxygen atoms in total. The number of hydrogen-bond acceptors (Lipinski definition) is 7. The third kappa shape index (κ3) is 8.00. The van der Waals surface area contributed by atoms with Crippen LogP contribution in [0, 0.1) is 11.8 Å². The van der Waals surface area contributed by atoms with E-state index >= 15 is 0 Å². The van der Waals surface area contributed by atoms with Crippen molar-refractivity contribution in [1.82, 2.24) is 40.0 Å². The number of amides is 4. The second kappa shape index (κ2) is 16.6. The molecule has 4 amide bonds. The van der Waals surface area contributed by atoms with Gasteiger partial charge in [0.15, 0.2) is 0 Å². The van der Waals surface area contributed by atoms with Gasteiger partial charge in [0.25, 0.3) is 0 Å². The van der Waals surface area contributed by atoms with Crippen molar-refractivity contribution >= 4 is 24.0 Å². The monoisotopic (exact) mass is 764 g/mol. The molecule has 2 aromatic heterocycles. The summed E-state index contributed by atoms with van der Waals surface area (Å²) in [5.41, 5.74) is 5.87. The van der Waals surface area contributed by atoms with E-state index in [1.165, 1.54) is 14.2 Å². The highest BCUT2D eigenvalue weighted by atomic mass is 16.5. The van der Waals surface area contributed by atoms with Gasteiger partial charge in [0.1, 0.15) is 17.7 Å². The van der Waals surface area contributed by atoms with Crippen molar-refractivity contribution in [2.75, 3.05) is 27.2 Å². The second-order valence-electron chi connectivity index (χ2n) is 15.7. The summed E-state index contributed by atoms with van der Waals surface area (Å²) in [5, 5.41) is 12.5. The minimum absolute atomic E-state index is 0.0437. The lowest BCUT2D eigenvalue weighted by atomic mass is 9.85. The summed E-state index contributed by atoms with van der Waals surface area (Å²) in [6.45, 7) is 5.02. The van der Waals surface area contributed by atoms with E-state index in [0.717, 1.165) is 102 Å². The van der Waals surface area contributed by atoms with Gasteiger partial charge in [-0.2, -0.15) is 0 Å². The number of rotatable bonds is 10. The van der Waals surface area contributed by atoms with Gasteiger partial charge in [-0.05, 0) is 79.5 Å². The maximum absolute atomic E-state index is 13.6. The van der Waals surface area contributed by atoms with Crippen LogP contribution >= 0.6 is 0 Å². The lowest BCUT2D eigenvalue weighted by Gasteiger charge is -2.33. The molecule has 1 aliphatic carbocycles. The van der Waals surface area contributed by atoms with Gasteiger partial charge in [-0.25, -0.2) is 19.6 Å². The summed E-state index contributed by atoms with van der Waals surface area (Å²) < 4.78 is 4.73. The van der Waals surface area contributed by atoms with E-state index in [1.807, 2.05) is 24.9 Å². The first kappa shape index (κ1) is 38.6. The van der Waals surface area contributed by atoms with E-state index in [1.54, 1.807) is 11.1 Å². The highest BCUT2D eigenvalue weighted by Crippen LogP contribution is 2.37. The van der Waals surface area contributed by atoms with Crippen molar-refractivity contribution < 1.29 is 29.0 Å². The third-order valence-electron chi connectivity index (χ3n) is 11.8. The van der Waals surface area contributed by atoms with Crippen molar-refractivity contribution in [3.05, 3.63) is 72.6 Å². The Bertz CT molecular complexity index is 2020. The van der Waals surface area contributed by atoms with Crippen LogP contribution in [0.3, 0.4) is 0 Å². The number of imidazole rings is 2. The number of methoxy groups -OCH3 is 1. The normalized spacial score (nSPS) is 21.6. The summed E-state index contributed by atoms with van der Waals surface area (Å²) in [6, 6.07) is 15.6. The maximum Gasteiger partial charge on any atom is 0.407 e. The van der Waals surface area contributed by atoms with E-state index in [0.29, 0.717) is 12.4 Å². The third-order valence-corrected chi connectivity index (χ3v) is 11.8. The van der Waals surface area contributed by atoms with Gasteiger partial charge in [0, 0.05) is 32.1 Å². The standard InChI is InChI=1S/C42H52N8O6/c1-25(2)36(48(3)42(54)55)40(52)50-22-6-8-35(50)38-44-24-33(47-38)29-15-11-27(12-16-29)26-9-13-28(14-10-26)32-23-43-37(46-32)34-7-5-21-49(34)39(51)30-17-19-31(20-18-30)45-41(53)56-4/h9-16,23-25,30-31,34-36H,5-8,17-22H2,1-4H3,(H,43,46)(H,44,47)(H,45,53)(H,54,55)/t30-,31-,34-,35-,36-/m0/s1. The molecule has 4 aromatic rings. The lowest BCUT2D eigenvalue weighted by molar-refractivity contribution is -0.139. The molecule has 4 N–H and O–H groups in total. The summed E-state index contributed by atoms with van der Waals surface area (Å²) in [6.07, 6.45) is 8.51. The van der Waals surface area contributed by atoms with Crippen LogP contribution < -0.4 is 5.32 Å². The van der Waals surface area contributed by atoms with Crippen LogP contribution in [0.15, 0.2) is 60.9 Å². The van der Waals surface area contributed by atoms with Gasteiger partial charge < -0.3 is 34.9 Å². The Kier molecular flexibility index (Phi) is 11.4.